The van der Waals surface area contributed by atoms with Gasteiger partial charge in [0.1, 0.15) is 5.78 Å². The summed E-state index contributed by atoms with van der Waals surface area (Å²) in [5.74, 6) is 4.95. The van der Waals surface area contributed by atoms with Crippen molar-refractivity contribution in [1.29, 1.82) is 0 Å². The molecule has 0 saturated heterocycles. The maximum Gasteiger partial charge on any atom is 0.147 e. The van der Waals surface area contributed by atoms with Crippen LogP contribution in [0.25, 0.3) is 0 Å². The Morgan fingerprint density at radius 2 is 1.73 bits per heavy atom. The predicted molar refractivity (Wildman–Crippen MR) is 104 cm³/mol. The number of methoxy groups -OCH3 is 1. The van der Waals surface area contributed by atoms with Crippen LogP contribution in [0.15, 0.2) is 0 Å². The number of ketones is 1. The molecule has 0 aliphatic heterocycles. The van der Waals surface area contributed by atoms with Crippen LogP contribution in [0.2, 0.25) is 0 Å². The average molecular weight is 425 g/mol. The zero-order valence-corrected chi connectivity index (χ0v) is 17.7. The van der Waals surface area contributed by atoms with Crippen molar-refractivity contribution in [2.24, 2.45) is 46.8 Å². The van der Waals surface area contributed by atoms with Crippen LogP contribution in [0.4, 0.5) is 0 Å². The Hall–Kier alpha value is 0.0700. The van der Waals surface area contributed by atoms with Gasteiger partial charge in [-0.25, -0.2) is 0 Å². The summed E-state index contributed by atoms with van der Waals surface area (Å²) in [7, 11) is 1.77. The fourth-order valence-corrected chi connectivity index (χ4v) is 9.14. The summed E-state index contributed by atoms with van der Waals surface area (Å²) >= 11 is 3.42. The number of hydrogen-bond donors (Lipinski definition) is 1. The van der Waals surface area contributed by atoms with Gasteiger partial charge < -0.3 is 9.84 Å². The van der Waals surface area contributed by atoms with Crippen LogP contribution in [0, 0.1) is 46.8 Å². The smallest absolute Gasteiger partial charge is 0.147 e. The fourth-order valence-electron chi connectivity index (χ4n) is 8.75. The lowest BCUT2D eigenvalue weighted by Crippen LogP contribution is -2.50. The normalized spacial score (nSPS) is 57.5. The summed E-state index contributed by atoms with van der Waals surface area (Å²) in [6, 6.07) is 0. The second-order valence-corrected chi connectivity index (χ2v) is 10.9. The van der Waals surface area contributed by atoms with Crippen molar-refractivity contribution in [3.8, 4) is 0 Å². The van der Waals surface area contributed by atoms with Crippen molar-refractivity contribution < 1.29 is 14.6 Å². The summed E-state index contributed by atoms with van der Waals surface area (Å²) in [5, 5.41) is 11.4. The van der Waals surface area contributed by atoms with Crippen molar-refractivity contribution in [2.75, 3.05) is 12.4 Å². The second-order valence-electron chi connectivity index (χ2n) is 10.3. The van der Waals surface area contributed by atoms with Gasteiger partial charge in [0.2, 0.25) is 0 Å². The van der Waals surface area contributed by atoms with Crippen LogP contribution in [0.3, 0.4) is 0 Å². The van der Waals surface area contributed by atoms with Crippen LogP contribution >= 0.6 is 15.9 Å². The van der Waals surface area contributed by atoms with E-state index in [2.05, 4.69) is 22.9 Å². The maximum atomic E-state index is 12.5. The molecule has 1 N–H and O–H groups in total. The van der Waals surface area contributed by atoms with Crippen molar-refractivity contribution in [3.05, 3.63) is 0 Å². The Labute approximate surface area is 165 Å². The molecule has 4 heteroatoms. The van der Waals surface area contributed by atoms with Gasteiger partial charge in [0.25, 0.3) is 0 Å². The number of alkyl halides is 1. The van der Waals surface area contributed by atoms with Crippen LogP contribution in [0.1, 0.15) is 58.3 Å². The predicted octanol–water partition coefficient (Wildman–Crippen LogP) is 4.21. The topological polar surface area (TPSA) is 46.5 Å². The monoisotopic (exact) mass is 424 g/mol. The standard InChI is InChI=1S/C22H33BrO3/c1-21-9-7-12-13-8-10-22(25)19(20(22)26-2)15(13)4-3-14(12)16(21)5-6-17(21)18(24)11-23/h12-17,19-20,25H,3-11H2,1-2H3/t12-,13-,14-,15+,16+,17-,19?,20?,21+,22-/m1/s1. The molecule has 0 aromatic rings. The zero-order valence-electron chi connectivity index (χ0n) is 16.1. The van der Waals surface area contributed by atoms with E-state index in [1.807, 2.05) is 0 Å². The molecular weight excluding hydrogens is 392 g/mol. The van der Waals surface area contributed by atoms with E-state index >= 15 is 0 Å². The molecule has 3 nitrogen and oxygen atoms in total. The minimum atomic E-state index is -0.507. The van der Waals surface area contributed by atoms with Gasteiger partial charge in [-0.3, -0.25) is 4.79 Å². The highest BCUT2D eigenvalue weighted by atomic mass is 79.9. The van der Waals surface area contributed by atoms with E-state index in [4.69, 9.17) is 4.74 Å². The van der Waals surface area contributed by atoms with Crippen LogP contribution < -0.4 is 0 Å². The SMILES string of the molecule is COC1C2[C@H]3CC[C@@H]4[C@H](CC[C@]5(C)[C@@H](C(=O)CBr)CC[C@@H]45)[C@H]3CC[C@]12O. The minimum Gasteiger partial charge on any atom is -0.387 e. The molecule has 5 aliphatic rings. The number of Topliss-reactive ketones (excluding diaryl/α,β-unsaturated/α-hetero) is 1. The molecule has 5 aliphatic carbocycles. The van der Waals surface area contributed by atoms with Crippen molar-refractivity contribution in [1.82, 2.24) is 0 Å². The molecule has 146 valence electrons. The van der Waals surface area contributed by atoms with Gasteiger partial charge in [0, 0.05) is 18.9 Å². The van der Waals surface area contributed by atoms with Gasteiger partial charge >= 0.3 is 0 Å². The first kappa shape index (κ1) is 18.1. The molecule has 5 fully saturated rings. The lowest BCUT2D eigenvalue weighted by Gasteiger charge is -2.55. The van der Waals surface area contributed by atoms with E-state index < -0.39 is 5.60 Å². The number of aliphatic hydroxyl groups is 1. The molecule has 0 spiro atoms. The summed E-state index contributed by atoms with van der Waals surface area (Å²) in [6.07, 6.45) is 9.69. The maximum absolute atomic E-state index is 12.5. The zero-order chi connectivity index (χ0) is 18.3. The quantitative estimate of drug-likeness (QED) is 0.690. The molecule has 0 aromatic carbocycles. The molecule has 26 heavy (non-hydrogen) atoms. The molecule has 0 bridgehead atoms. The summed E-state index contributed by atoms with van der Waals surface area (Å²) in [4.78, 5) is 12.5. The Morgan fingerprint density at radius 1 is 1.04 bits per heavy atom. The number of halogens is 1. The van der Waals surface area contributed by atoms with Crippen molar-refractivity contribution in [3.63, 3.8) is 0 Å². The number of rotatable bonds is 3. The fraction of sp³-hybridized carbons (Fsp3) is 0.955. The van der Waals surface area contributed by atoms with Crippen molar-refractivity contribution in [2.45, 2.75) is 70.0 Å². The second kappa shape index (κ2) is 6.03. The highest BCUT2D eigenvalue weighted by Gasteiger charge is 2.72. The summed E-state index contributed by atoms with van der Waals surface area (Å²) in [5.41, 5.74) is -0.268. The third-order valence-corrected chi connectivity index (χ3v) is 10.4. The van der Waals surface area contributed by atoms with E-state index in [0.717, 1.165) is 36.5 Å². The molecule has 5 saturated carbocycles. The highest BCUT2D eigenvalue weighted by molar-refractivity contribution is 9.09. The van der Waals surface area contributed by atoms with Gasteiger partial charge in [0.05, 0.1) is 17.0 Å². The third-order valence-electron chi connectivity index (χ3n) is 9.83. The average Bonchev–Trinajstić information content (AvgIpc) is 3.11. The largest absolute Gasteiger partial charge is 0.387 e. The summed E-state index contributed by atoms with van der Waals surface area (Å²) < 4.78 is 5.64. The number of carbonyl (C=O) groups is 1. The molecule has 0 radical (unpaired) electrons. The Morgan fingerprint density at radius 3 is 2.46 bits per heavy atom. The lowest BCUT2D eigenvalue weighted by atomic mass is 9.49. The first-order valence-corrected chi connectivity index (χ1v) is 11.9. The Kier molecular flexibility index (Phi) is 4.20. The molecular formula is C22H33BrO3. The molecule has 2 unspecified atom stereocenters. The van der Waals surface area contributed by atoms with E-state index in [0.29, 0.717) is 22.9 Å². The number of carbonyl (C=O) groups excluding carboxylic acids is 1. The minimum absolute atomic E-state index is 0.0929. The van der Waals surface area contributed by atoms with Gasteiger partial charge in [-0.2, -0.15) is 0 Å². The van der Waals surface area contributed by atoms with Gasteiger partial charge in [-0.15, -0.1) is 0 Å². The molecule has 0 amide bonds. The first-order chi connectivity index (χ1) is 12.5. The van der Waals surface area contributed by atoms with Crippen LogP contribution in [-0.4, -0.2) is 35.0 Å². The van der Waals surface area contributed by atoms with Crippen LogP contribution in [0.5, 0.6) is 0 Å². The molecule has 0 heterocycles. The lowest BCUT2D eigenvalue weighted by molar-refractivity contribution is -0.128. The number of fused-ring (bicyclic) bond motifs is 7. The van der Waals surface area contributed by atoms with Gasteiger partial charge in [-0.05, 0) is 86.4 Å². The first-order valence-electron chi connectivity index (χ1n) is 10.8. The van der Waals surface area contributed by atoms with Gasteiger partial charge in [-0.1, -0.05) is 22.9 Å². The Balaban J connectivity index is 1.37. The van der Waals surface area contributed by atoms with E-state index in [-0.39, 0.29) is 17.4 Å². The Bertz CT molecular complexity index is 608. The third kappa shape index (κ3) is 2.21. The van der Waals surface area contributed by atoms with E-state index in [1.165, 1.54) is 38.5 Å². The molecule has 5 rings (SSSR count). The van der Waals surface area contributed by atoms with E-state index in [1.54, 1.807) is 7.11 Å². The van der Waals surface area contributed by atoms with Crippen LogP contribution in [-0.2, 0) is 9.53 Å². The molecule has 10 atom stereocenters. The van der Waals surface area contributed by atoms with E-state index in [9.17, 15) is 9.90 Å². The highest BCUT2D eigenvalue weighted by Crippen LogP contribution is 2.69. The number of ether oxygens (including phenoxy) is 1. The van der Waals surface area contributed by atoms with Crippen molar-refractivity contribution >= 4 is 21.7 Å². The summed E-state index contributed by atoms with van der Waals surface area (Å²) in [6.45, 7) is 2.43. The number of hydrogen-bond acceptors (Lipinski definition) is 3. The molecule has 0 aromatic heterocycles. The van der Waals surface area contributed by atoms with Gasteiger partial charge in [0.15, 0.2) is 0 Å².